The zero-order valence-electron chi connectivity index (χ0n) is 18.9. The van der Waals surface area contributed by atoms with Crippen molar-refractivity contribution in [2.75, 3.05) is 13.7 Å². The van der Waals surface area contributed by atoms with E-state index in [0.29, 0.717) is 37.4 Å². The molecule has 2 bridgehead atoms. The molecule has 0 N–H and O–H groups in total. The van der Waals surface area contributed by atoms with Crippen LogP contribution in [-0.4, -0.2) is 59.4 Å². The number of rotatable bonds is 9. The van der Waals surface area contributed by atoms with Gasteiger partial charge in [0, 0.05) is 52.6 Å². The molecule has 8 heteroatoms. The minimum absolute atomic E-state index is 0.0934. The Balaban J connectivity index is 1.45. The topological polar surface area (TPSA) is 56.6 Å². The molecule has 0 atom stereocenters. The van der Waals surface area contributed by atoms with Gasteiger partial charge in [-0.3, -0.25) is 4.79 Å². The summed E-state index contributed by atoms with van der Waals surface area (Å²) in [5, 5.41) is 0.913. The number of fused-ring (bicyclic) bond motifs is 1. The van der Waals surface area contributed by atoms with Crippen molar-refractivity contribution in [2.45, 2.75) is 81.8 Å². The van der Waals surface area contributed by atoms with Crippen molar-refractivity contribution in [3.8, 4) is 5.88 Å². The Morgan fingerprint density at radius 2 is 2.03 bits per heavy atom. The molecule has 0 saturated heterocycles. The van der Waals surface area contributed by atoms with Crippen molar-refractivity contribution in [2.24, 2.45) is 0 Å². The van der Waals surface area contributed by atoms with Gasteiger partial charge in [0.15, 0.2) is 0 Å². The van der Waals surface area contributed by atoms with Crippen LogP contribution in [0, 0.1) is 0 Å². The molecule has 1 amide bonds. The lowest BCUT2D eigenvalue weighted by Crippen LogP contribution is -2.76. The number of aromatic nitrogens is 2. The number of hydrogen-bond acceptors (Lipinski definition) is 4. The molecule has 0 aliphatic heterocycles. The van der Waals surface area contributed by atoms with Gasteiger partial charge in [0.25, 0.3) is 5.91 Å². The highest BCUT2D eigenvalue weighted by Crippen LogP contribution is 2.65. The zero-order chi connectivity index (χ0) is 22.0. The van der Waals surface area contributed by atoms with Gasteiger partial charge in [0.05, 0.1) is 5.54 Å². The molecule has 4 saturated carbocycles. The molecule has 4 aliphatic carbocycles. The molecule has 0 aromatic carbocycles. The van der Waals surface area contributed by atoms with Gasteiger partial charge in [-0.05, 0) is 31.0 Å². The van der Waals surface area contributed by atoms with Gasteiger partial charge in [-0.2, -0.15) is 0 Å². The smallest absolute Gasteiger partial charge is 0.270 e. The molecule has 2 aromatic rings. The highest BCUT2D eigenvalue weighted by Gasteiger charge is 2.72. The SMILES string of the molecule is CN(C(=O)c1cc2ccnc(OC3CC3)c2n1COCC[Si](C)(C)C)C12CC(F)(C1)C2. The number of halogens is 1. The van der Waals surface area contributed by atoms with E-state index in [4.69, 9.17) is 9.47 Å². The Labute approximate surface area is 183 Å². The summed E-state index contributed by atoms with van der Waals surface area (Å²) in [7, 11) is 0.584. The number of pyridine rings is 1. The van der Waals surface area contributed by atoms with Gasteiger partial charge in [-0.15, -0.1) is 0 Å². The summed E-state index contributed by atoms with van der Waals surface area (Å²) >= 11 is 0. The summed E-state index contributed by atoms with van der Waals surface area (Å²) < 4.78 is 28.1. The minimum atomic E-state index is -1.22. The predicted molar refractivity (Wildman–Crippen MR) is 120 cm³/mol. The summed E-state index contributed by atoms with van der Waals surface area (Å²) in [6.07, 6.45) is 5.35. The fourth-order valence-corrected chi connectivity index (χ4v) is 5.57. The standard InChI is InChI=1S/C23H32FN3O3Si/c1-26(23-12-22(24,13-23)14-23)21(28)18-11-16-7-8-25-20(30-17-5-6-17)19(16)27(18)15-29-9-10-31(2,3)4/h7-8,11,17H,5-6,9-10,12-15H2,1-4H3. The molecular formula is C23H32FN3O3Si. The molecular weight excluding hydrogens is 413 g/mol. The average Bonchev–Trinajstić information content (AvgIpc) is 3.38. The van der Waals surface area contributed by atoms with Crippen LogP contribution in [0.25, 0.3) is 10.9 Å². The molecule has 2 heterocycles. The number of hydrogen-bond donors (Lipinski definition) is 0. The first kappa shape index (κ1) is 20.9. The van der Waals surface area contributed by atoms with Crippen LogP contribution >= 0.6 is 0 Å². The van der Waals surface area contributed by atoms with Gasteiger partial charge in [0.1, 0.15) is 29.7 Å². The maximum absolute atomic E-state index is 14.1. The van der Waals surface area contributed by atoms with E-state index >= 15 is 0 Å². The van der Waals surface area contributed by atoms with E-state index in [-0.39, 0.29) is 24.3 Å². The van der Waals surface area contributed by atoms with Gasteiger partial charge in [0.2, 0.25) is 5.88 Å². The molecule has 0 radical (unpaired) electrons. The van der Waals surface area contributed by atoms with E-state index in [1.165, 1.54) is 0 Å². The van der Waals surface area contributed by atoms with Crippen LogP contribution in [0.4, 0.5) is 4.39 Å². The lowest BCUT2D eigenvalue weighted by molar-refractivity contribution is -0.207. The summed E-state index contributed by atoms with van der Waals surface area (Å²) in [5.41, 5.74) is -0.0103. The average molecular weight is 446 g/mol. The molecule has 6 rings (SSSR count). The van der Waals surface area contributed by atoms with Crippen molar-refractivity contribution in [1.29, 1.82) is 0 Å². The molecule has 0 unspecified atom stereocenters. The highest BCUT2D eigenvalue weighted by molar-refractivity contribution is 6.76. The van der Waals surface area contributed by atoms with E-state index < -0.39 is 13.7 Å². The van der Waals surface area contributed by atoms with Crippen LogP contribution in [0.3, 0.4) is 0 Å². The maximum Gasteiger partial charge on any atom is 0.270 e. The first-order valence-corrected chi connectivity index (χ1v) is 15.0. The number of amides is 1. The van der Waals surface area contributed by atoms with Crippen LogP contribution in [0.5, 0.6) is 5.88 Å². The van der Waals surface area contributed by atoms with Gasteiger partial charge < -0.3 is 18.9 Å². The predicted octanol–water partition coefficient (Wildman–Crippen LogP) is 4.61. The number of alkyl halides is 1. The summed E-state index contributed by atoms with van der Waals surface area (Å²) in [5.74, 6) is 0.466. The monoisotopic (exact) mass is 445 g/mol. The largest absolute Gasteiger partial charge is 0.473 e. The lowest BCUT2D eigenvalue weighted by Gasteiger charge is -2.68. The summed E-state index contributed by atoms with van der Waals surface area (Å²) in [6, 6.07) is 4.86. The van der Waals surface area contributed by atoms with Crippen LogP contribution in [0.2, 0.25) is 25.7 Å². The Morgan fingerprint density at radius 3 is 2.65 bits per heavy atom. The van der Waals surface area contributed by atoms with E-state index in [1.54, 1.807) is 18.1 Å². The Morgan fingerprint density at radius 1 is 1.32 bits per heavy atom. The second kappa shape index (κ2) is 7.03. The first-order valence-electron chi connectivity index (χ1n) is 11.3. The fraction of sp³-hybridized carbons (Fsp3) is 0.652. The molecule has 31 heavy (non-hydrogen) atoms. The molecule has 4 aliphatic rings. The second-order valence-electron chi connectivity index (χ2n) is 10.9. The maximum atomic E-state index is 14.1. The molecule has 6 nitrogen and oxygen atoms in total. The third-order valence-electron chi connectivity index (χ3n) is 6.97. The molecule has 0 spiro atoms. The van der Waals surface area contributed by atoms with Crippen molar-refractivity contribution < 1.29 is 18.7 Å². The molecule has 2 aromatic heterocycles. The lowest BCUT2D eigenvalue weighted by atomic mass is 9.47. The van der Waals surface area contributed by atoms with E-state index in [1.807, 2.05) is 16.7 Å². The number of carbonyl (C=O) groups excluding carboxylic acids is 1. The van der Waals surface area contributed by atoms with Gasteiger partial charge in [-0.25, -0.2) is 9.37 Å². The van der Waals surface area contributed by atoms with E-state index in [0.717, 1.165) is 29.8 Å². The van der Waals surface area contributed by atoms with Crippen molar-refractivity contribution in [1.82, 2.24) is 14.5 Å². The van der Waals surface area contributed by atoms with Crippen LogP contribution in [-0.2, 0) is 11.5 Å². The quantitative estimate of drug-likeness (QED) is 0.418. The van der Waals surface area contributed by atoms with Crippen LogP contribution in [0.1, 0.15) is 42.6 Å². The fourth-order valence-electron chi connectivity index (χ4n) is 4.81. The number of ether oxygens (including phenoxy) is 2. The first-order chi connectivity index (χ1) is 14.6. The second-order valence-corrected chi connectivity index (χ2v) is 16.6. The van der Waals surface area contributed by atoms with Gasteiger partial charge >= 0.3 is 0 Å². The zero-order valence-corrected chi connectivity index (χ0v) is 19.9. The molecule has 4 fully saturated rings. The normalized spacial score (nSPS) is 27.0. The van der Waals surface area contributed by atoms with Crippen molar-refractivity contribution in [3.63, 3.8) is 0 Å². The Kier molecular flexibility index (Phi) is 4.75. The Bertz CT molecular complexity index is 1010. The third-order valence-corrected chi connectivity index (χ3v) is 8.67. The third kappa shape index (κ3) is 3.78. The summed E-state index contributed by atoms with van der Waals surface area (Å²) in [6.45, 7) is 7.89. The van der Waals surface area contributed by atoms with Crippen molar-refractivity contribution in [3.05, 3.63) is 24.0 Å². The van der Waals surface area contributed by atoms with E-state index in [9.17, 15) is 9.18 Å². The van der Waals surface area contributed by atoms with Gasteiger partial charge in [-0.1, -0.05) is 19.6 Å². The minimum Gasteiger partial charge on any atom is -0.473 e. The Hall–Kier alpha value is -1.93. The molecule has 168 valence electrons. The number of carbonyl (C=O) groups is 1. The van der Waals surface area contributed by atoms with Crippen molar-refractivity contribution >= 4 is 24.9 Å². The highest BCUT2D eigenvalue weighted by atomic mass is 28.3. The number of nitrogens with zero attached hydrogens (tertiary/aromatic N) is 3. The summed E-state index contributed by atoms with van der Waals surface area (Å²) in [4.78, 5) is 19.7. The van der Waals surface area contributed by atoms with Crippen LogP contribution < -0.4 is 4.74 Å². The van der Waals surface area contributed by atoms with Crippen LogP contribution in [0.15, 0.2) is 18.3 Å². The van der Waals surface area contributed by atoms with E-state index in [2.05, 4.69) is 24.6 Å².